The van der Waals surface area contributed by atoms with Gasteiger partial charge in [0.05, 0.1) is 12.6 Å². The number of ether oxygens (including phenoxy) is 2. The Morgan fingerprint density at radius 3 is 2.36 bits per heavy atom. The Balaban J connectivity index is 2.15. The minimum atomic E-state index is -2.32. The van der Waals surface area contributed by atoms with Crippen LogP contribution < -0.4 is 10.6 Å². The van der Waals surface area contributed by atoms with Gasteiger partial charge in [0.25, 0.3) is 11.7 Å². The fraction of sp³-hybridized carbons (Fsp3) is 0.524. The van der Waals surface area contributed by atoms with Crippen LogP contribution in [0.15, 0.2) is 24.3 Å². The van der Waals surface area contributed by atoms with Gasteiger partial charge < -0.3 is 35.4 Å². The highest BCUT2D eigenvalue weighted by Gasteiger charge is 2.53. The largest absolute Gasteiger partial charge is 0.481 e. The van der Waals surface area contributed by atoms with Crippen LogP contribution in [-0.2, 0) is 23.9 Å². The van der Waals surface area contributed by atoms with Gasteiger partial charge in [0, 0.05) is 25.3 Å². The Labute approximate surface area is 188 Å². The van der Waals surface area contributed by atoms with Crippen LogP contribution in [0.2, 0.25) is 0 Å². The number of halogens is 1. The van der Waals surface area contributed by atoms with Crippen LogP contribution in [0.5, 0.6) is 0 Å². The SMILES string of the molecule is CC(=O)N[C@@H]1[C@@H](NC(=O)c2ccc(F)cc2)C[C@](OCCCCCC(=O)O)(C(=O)O)O[C@H]1O. The molecule has 2 amide bonds. The summed E-state index contributed by atoms with van der Waals surface area (Å²) < 4.78 is 23.9. The Morgan fingerprint density at radius 2 is 1.79 bits per heavy atom. The van der Waals surface area contributed by atoms with Gasteiger partial charge in [-0.05, 0) is 37.1 Å². The number of carboxylic acids is 2. The number of hydrogen-bond acceptors (Lipinski definition) is 7. The van der Waals surface area contributed by atoms with Gasteiger partial charge in [-0.1, -0.05) is 6.42 Å². The molecule has 1 fully saturated rings. The number of carbonyl (C=O) groups excluding carboxylic acids is 2. The zero-order valence-corrected chi connectivity index (χ0v) is 18.0. The zero-order valence-electron chi connectivity index (χ0n) is 18.0. The molecule has 4 atom stereocenters. The molecule has 5 N–H and O–H groups in total. The van der Waals surface area contributed by atoms with Crippen molar-refractivity contribution in [3.05, 3.63) is 35.6 Å². The van der Waals surface area contributed by atoms with E-state index in [0.717, 1.165) is 12.1 Å². The van der Waals surface area contributed by atoms with Crippen molar-refractivity contribution >= 4 is 23.8 Å². The number of carbonyl (C=O) groups is 4. The first-order chi connectivity index (χ1) is 15.5. The molecule has 0 aliphatic carbocycles. The monoisotopic (exact) mass is 470 g/mol. The number of aliphatic carboxylic acids is 2. The molecule has 1 saturated heterocycles. The average Bonchev–Trinajstić information content (AvgIpc) is 2.73. The Kier molecular flexibility index (Phi) is 9.26. The molecule has 1 aliphatic heterocycles. The number of aliphatic hydroxyl groups excluding tert-OH is 1. The maximum Gasteiger partial charge on any atom is 0.364 e. The van der Waals surface area contributed by atoms with Gasteiger partial charge >= 0.3 is 11.9 Å². The van der Waals surface area contributed by atoms with Gasteiger partial charge in [0.2, 0.25) is 5.91 Å². The fourth-order valence-corrected chi connectivity index (χ4v) is 3.42. The molecule has 11 nitrogen and oxygen atoms in total. The highest BCUT2D eigenvalue weighted by atomic mass is 19.1. The number of aliphatic hydroxyl groups is 1. The molecule has 12 heteroatoms. The Hall–Kier alpha value is -3.09. The average molecular weight is 470 g/mol. The highest BCUT2D eigenvalue weighted by Crippen LogP contribution is 2.31. The molecule has 0 unspecified atom stereocenters. The molecule has 33 heavy (non-hydrogen) atoms. The van der Waals surface area contributed by atoms with E-state index in [-0.39, 0.29) is 18.6 Å². The maximum atomic E-state index is 13.2. The predicted octanol–water partition coefficient (Wildman–Crippen LogP) is 0.610. The lowest BCUT2D eigenvalue weighted by atomic mass is 9.93. The lowest BCUT2D eigenvalue weighted by Crippen LogP contribution is -2.67. The molecule has 0 spiro atoms. The van der Waals surface area contributed by atoms with E-state index in [9.17, 15) is 33.8 Å². The van der Waals surface area contributed by atoms with E-state index >= 15 is 0 Å². The smallest absolute Gasteiger partial charge is 0.364 e. The van der Waals surface area contributed by atoms with Crippen molar-refractivity contribution < 1.29 is 48.4 Å². The van der Waals surface area contributed by atoms with Crippen molar-refractivity contribution in [2.75, 3.05) is 6.61 Å². The zero-order chi connectivity index (χ0) is 24.6. The summed E-state index contributed by atoms with van der Waals surface area (Å²) in [5, 5.41) is 33.9. The number of amides is 2. The van der Waals surface area contributed by atoms with Crippen molar-refractivity contribution in [3.8, 4) is 0 Å². The van der Waals surface area contributed by atoms with Crippen molar-refractivity contribution in [3.63, 3.8) is 0 Å². The van der Waals surface area contributed by atoms with Gasteiger partial charge in [-0.15, -0.1) is 0 Å². The summed E-state index contributed by atoms with van der Waals surface area (Å²) in [6.07, 6.45) is -1.14. The Bertz CT molecular complexity index is 864. The second kappa shape index (κ2) is 11.7. The summed E-state index contributed by atoms with van der Waals surface area (Å²) in [6.45, 7) is 1.07. The molecule has 0 bridgehead atoms. The summed E-state index contributed by atoms with van der Waals surface area (Å²) >= 11 is 0. The van der Waals surface area contributed by atoms with Crippen molar-refractivity contribution in [2.24, 2.45) is 0 Å². The molecule has 2 rings (SSSR count). The topological polar surface area (TPSA) is 171 Å². The normalized spacial score (nSPS) is 24.6. The molecule has 1 aliphatic rings. The van der Waals surface area contributed by atoms with E-state index in [2.05, 4.69) is 10.6 Å². The molecule has 1 heterocycles. The predicted molar refractivity (Wildman–Crippen MR) is 109 cm³/mol. The molecule has 0 aromatic heterocycles. The van der Waals surface area contributed by atoms with Crippen LogP contribution in [0.1, 0.15) is 49.4 Å². The second-order valence-electron chi connectivity index (χ2n) is 7.64. The summed E-state index contributed by atoms with van der Waals surface area (Å²) in [5.41, 5.74) is 0.0826. The number of benzene rings is 1. The van der Waals surface area contributed by atoms with Gasteiger partial charge in [-0.25, -0.2) is 9.18 Å². The van der Waals surface area contributed by atoms with Crippen LogP contribution in [-0.4, -0.2) is 69.8 Å². The van der Waals surface area contributed by atoms with E-state index in [1.165, 1.54) is 19.1 Å². The molecule has 182 valence electrons. The first-order valence-electron chi connectivity index (χ1n) is 10.3. The van der Waals surface area contributed by atoms with Gasteiger partial charge in [0.15, 0.2) is 6.29 Å². The highest BCUT2D eigenvalue weighted by molar-refractivity contribution is 5.94. The third-order valence-corrected chi connectivity index (χ3v) is 5.03. The third kappa shape index (κ3) is 7.48. The number of rotatable bonds is 11. The first kappa shape index (κ1) is 26.2. The lowest BCUT2D eigenvalue weighted by molar-refractivity contribution is -0.322. The third-order valence-electron chi connectivity index (χ3n) is 5.03. The lowest BCUT2D eigenvalue weighted by Gasteiger charge is -2.44. The molecule has 0 radical (unpaired) electrons. The van der Waals surface area contributed by atoms with E-state index in [1.807, 2.05) is 0 Å². The van der Waals surface area contributed by atoms with Crippen LogP contribution in [0.4, 0.5) is 4.39 Å². The van der Waals surface area contributed by atoms with Crippen LogP contribution in [0.3, 0.4) is 0 Å². The molecular formula is C21H27FN2O9. The number of nitrogens with one attached hydrogen (secondary N) is 2. The van der Waals surface area contributed by atoms with E-state index in [0.29, 0.717) is 19.3 Å². The molecular weight excluding hydrogens is 443 g/mol. The summed E-state index contributed by atoms with van der Waals surface area (Å²) in [7, 11) is 0. The molecule has 1 aromatic carbocycles. The van der Waals surface area contributed by atoms with Gasteiger partial charge in [0.1, 0.15) is 11.9 Å². The van der Waals surface area contributed by atoms with E-state index in [1.54, 1.807) is 0 Å². The summed E-state index contributed by atoms with van der Waals surface area (Å²) in [5.74, 6) is -6.59. The molecule has 0 saturated carbocycles. The minimum absolute atomic E-state index is 0.0326. The van der Waals surface area contributed by atoms with Crippen molar-refractivity contribution in [1.82, 2.24) is 10.6 Å². The first-order valence-corrected chi connectivity index (χ1v) is 10.3. The number of unbranched alkanes of at least 4 members (excludes halogenated alkanes) is 2. The number of hydrogen-bond donors (Lipinski definition) is 5. The summed E-state index contributed by atoms with van der Waals surface area (Å²) in [4.78, 5) is 46.8. The molecule has 1 aromatic rings. The van der Waals surface area contributed by atoms with Crippen LogP contribution in [0, 0.1) is 5.82 Å². The van der Waals surface area contributed by atoms with E-state index < -0.39 is 60.2 Å². The van der Waals surface area contributed by atoms with Gasteiger partial charge in [-0.2, -0.15) is 0 Å². The number of carboxylic acid groups (broad SMARTS) is 2. The standard InChI is InChI=1S/C21H27FN2O9/c1-12(25)23-17-15(24-18(28)13-6-8-14(22)9-7-13)11-21(20(30)31,33-19(17)29)32-10-4-2-3-5-16(26)27/h6-9,15,17,19,29H,2-5,10-11H2,1H3,(H,23,25)(H,24,28)(H,26,27)(H,30,31)/t15-,17+,19+,21+/m0/s1. The maximum absolute atomic E-state index is 13.2. The van der Waals surface area contributed by atoms with Crippen molar-refractivity contribution in [1.29, 1.82) is 0 Å². The quantitative estimate of drug-likeness (QED) is 0.291. The summed E-state index contributed by atoms with van der Waals surface area (Å²) in [6, 6.07) is 2.32. The van der Waals surface area contributed by atoms with Gasteiger partial charge in [-0.3, -0.25) is 14.4 Å². The van der Waals surface area contributed by atoms with Crippen molar-refractivity contribution in [2.45, 2.75) is 63.2 Å². The van der Waals surface area contributed by atoms with Crippen LogP contribution >= 0.6 is 0 Å². The Morgan fingerprint density at radius 1 is 1.12 bits per heavy atom. The minimum Gasteiger partial charge on any atom is -0.481 e. The fourth-order valence-electron chi connectivity index (χ4n) is 3.42. The van der Waals surface area contributed by atoms with Crippen LogP contribution in [0.25, 0.3) is 0 Å². The van der Waals surface area contributed by atoms with E-state index in [4.69, 9.17) is 14.6 Å². The second-order valence-corrected chi connectivity index (χ2v) is 7.64.